The van der Waals surface area contributed by atoms with Crippen molar-refractivity contribution >= 4 is 36.5 Å². The second-order valence-corrected chi connectivity index (χ2v) is 8.58. The quantitative estimate of drug-likeness (QED) is 0.921. The molecule has 19 heavy (non-hydrogen) atoms. The molecule has 1 saturated carbocycles. The van der Waals surface area contributed by atoms with E-state index in [4.69, 9.17) is 0 Å². The van der Waals surface area contributed by atoms with Gasteiger partial charge in [-0.25, -0.2) is 13.4 Å². The van der Waals surface area contributed by atoms with Gasteiger partial charge in [0.2, 0.25) is 0 Å². The summed E-state index contributed by atoms with van der Waals surface area (Å²) in [6, 6.07) is 8.00. The lowest BCUT2D eigenvalue weighted by atomic mass is 10.1. The highest BCUT2D eigenvalue weighted by atomic mass is 32.2. The molecule has 3 rings (SSSR count). The molecule has 0 spiro atoms. The Morgan fingerprint density at radius 1 is 1.37 bits per heavy atom. The zero-order chi connectivity index (χ0) is 13.5. The van der Waals surface area contributed by atoms with Gasteiger partial charge in [-0.3, -0.25) is 0 Å². The second-order valence-electron chi connectivity index (χ2n) is 5.41. The number of benzene rings is 1. The van der Waals surface area contributed by atoms with Crippen LogP contribution in [0.1, 0.15) is 12.8 Å². The van der Waals surface area contributed by atoms with E-state index in [0.717, 1.165) is 28.2 Å². The van der Waals surface area contributed by atoms with Crippen molar-refractivity contribution in [3.63, 3.8) is 0 Å². The van der Waals surface area contributed by atoms with Crippen LogP contribution in [-0.4, -0.2) is 32.0 Å². The lowest BCUT2D eigenvalue weighted by Crippen LogP contribution is -2.24. The Balaban J connectivity index is 1.69. The fraction of sp³-hybridized carbons (Fsp3) is 0.462. The van der Waals surface area contributed by atoms with Crippen LogP contribution in [0.2, 0.25) is 0 Å². The maximum Gasteiger partial charge on any atom is 0.183 e. The average molecular weight is 296 g/mol. The van der Waals surface area contributed by atoms with Crippen LogP contribution < -0.4 is 5.32 Å². The van der Waals surface area contributed by atoms with Gasteiger partial charge in [-0.05, 0) is 25.0 Å². The Bertz CT molecular complexity index is 669. The van der Waals surface area contributed by atoms with Gasteiger partial charge in [-0.15, -0.1) is 0 Å². The molecule has 1 aromatic carbocycles. The Labute approximate surface area is 116 Å². The molecule has 0 atom stereocenters. The molecular weight excluding hydrogens is 280 g/mol. The third-order valence-electron chi connectivity index (χ3n) is 3.43. The van der Waals surface area contributed by atoms with Crippen LogP contribution in [0.4, 0.5) is 5.13 Å². The van der Waals surface area contributed by atoms with E-state index in [9.17, 15) is 8.42 Å². The summed E-state index contributed by atoms with van der Waals surface area (Å²) in [4.78, 5) is 4.50. The minimum atomic E-state index is -2.91. The van der Waals surface area contributed by atoms with Crippen LogP contribution in [0.25, 0.3) is 10.2 Å². The zero-order valence-electron chi connectivity index (χ0n) is 10.7. The molecule has 0 aliphatic heterocycles. The van der Waals surface area contributed by atoms with E-state index in [-0.39, 0.29) is 11.2 Å². The first-order chi connectivity index (χ1) is 8.96. The average Bonchev–Trinajstić information content (AvgIpc) is 2.94. The van der Waals surface area contributed by atoms with Crippen LogP contribution in [-0.2, 0) is 9.84 Å². The van der Waals surface area contributed by atoms with Gasteiger partial charge in [0.1, 0.15) is 9.84 Å². The summed E-state index contributed by atoms with van der Waals surface area (Å²) in [5.74, 6) is 0.276. The van der Waals surface area contributed by atoms with E-state index >= 15 is 0 Å². The first kappa shape index (κ1) is 12.9. The second kappa shape index (κ2) is 4.45. The summed E-state index contributed by atoms with van der Waals surface area (Å²) < 4.78 is 23.9. The highest BCUT2D eigenvalue weighted by molar-refractivity contribution is 7.90. The van der Waals surface area contributed by atoms with Crippen molar-refractivity contribution in [3.05, 3.63) is 24.3 Å². The molecule has 0 radical (unpaired) electrons. The number of nitrogens with zero attached hydrogens (tertiary/aromatic N) is 1. The molecule has 0 saturated heterocycles. The van der Waals surface area contributed by atoms with Crippen LogP contribution in [0.3, 0.4) is 0 Å². The van der Waals surface area contributed by atoms with E-state index in [1.165, 1.54) is 6.26 Å². The molecule has 1 aliphatic carbocycles. The maximum atomic E-state index is 11.4. The highest BCUT2D eigenvalue weighted by Crippen LogP contribution is 2.46. The summed E-state index contributed by atoms with van der Waals surface area (Å²) in [5, 5.41) is 4.18. The number of nitrogens with one attached hydrogen (secondary N) is 1. The van der Waals surface area contributed by atoms with E-state index in [1.54, 1.807) is 11.3 Å². The Hall–Kier alpha value is -1.14. The molecule has 0 unspecified atom stereocenters. The van der Waals surface area contributed by atoms with Gasteiger partial charge in [0.15, 0.2) is 5.13 Å². The largest absolute Gasteiger partial charge is 0.361 e. The minimum absolute atomic E-state index is 0.0640. The summed E-state index contributed by atoms with van der Waals surface area (Å²) in [5.41, 5.74) is 0.925. The number of anilines is 1. The number of rotatable bonds is 5. The predicted molar refractivity (Wildman–Crippen MR) is 79.5 cm³/mol. The standard InChI is InChI=1S/C13H16N2O2S2/c1-19(16,17)9-13(6-7-13)8-14-12-15-10-4-2-3-5-11(10)18-12/h2-5H,6-9H2,1H3,(H,14,15). The Kier molecular flexibility index (Phi) is 3.02. The zero-order valence-corrected chi connectivity index (χ0v) is 12.4. The van der Waals surface area contributed by atoms with Gasteiger partial charge in [0.25, 0.3) is 0 Å². The number of thiazole rings is 1. The van der Waals surface area contributed by atoms with Gasteiger partial charge in [0.05, 0.1) is 16.0 Å². The van der Waals surface area contributed by atoms with Crippen molar-refractivity contribution in [2.45, 2.75) is 12.8 Å². The summed E-state index contributed by atoms with van der Waals surface area (Å²) >= 11 is 1.61. The van der Waals surface area contributed by atoms with Crippen molar-refractivity contribution in [3.8, 4) is 0 Å². The van der Waals surface area contributed by atoms with Crippen LogP contribution in [0.15, 0.2) is 24.3 Å². The van der Waals surface area contributed by atoms with Crippen molar-refractivity contribution < 1.29 is 8.42 Å². The van der Waals surface area contributed by atoms with Crippen LogP contribution in [0, 0.1) is 5.41 Å². The third-order valence-corrected chi connectivity index (χ3v) is 5.56. The van der Waals surface area contributed by atoms with Gasteiger partial charge in [-0.2, -0.15) is 0 Å². The maximum absolute atomic E-state index is 11.4. The smallest absolute Gasteiger partial charge is 0.183 e. The first-order valence-corrected chi connectivity index (χ1v) is 9.11. The molecule has 2 aromatic rings. The number of fused-ring (bicyclic) bond motifs is 1. The molecule has 102 valence electrons. The number of hydrogen-bond acceptors (Lipinski definition) is 5. The first-order valence-electron chi connectivity index (χ1n) is 6.23. The molecular formula is C13H16N2O2S2. The molecule has 1 aromatic heterocycles. The van der Waals surface area contributed by atoms with Crippen molar-refractivity contribution in [2.24, 2.45) is 5.41 Å². The molecule has 0 bridgehead atoms. The number of para-hydroxylation sites is 1. The molecule has 4 nitrogen and oxygen atoms in total. The number of hydrogen-bond donors (Lipinski definition) is 1. The SMILES string of the molecule is CS(=O)(=O)CC1(CNc2nc3ccccc3s2)CC1. The van der Waals surface area contributed by atoms with Crippen molar-refractivity contribution in [1.29, 1.82) is 0 Å². The molecule has 1 fully saturated rings. The van der Waals surface area contributed by atoms with E-state index in [0.29, 0.717) is 6.54 Å². The molecule has 0 amide bonds. The molecule has 6 heteroatoms. The van der Waals surface area contributed by atoms with Crippen LogP contribution >= 0.6 is 11.3 Å². The Morgan fingerprint density at radius 3 is 2.74 bits per heavy atom. The fourth-order valence-electron chi connectivity index (χ4n) is 2.32. The summed E-state index contributed by atoms with van der Waals surface area (Å²) in [7, 11) is -2.91. The molecule has 1 N–H and O–H groups in total. The lowest BCUT2D eigenvalue weighted by molar-refractivity contribution is 0.561. The highest BCUT2D eigenvalue weighted by Gasteiger charge is 2.45. The van der Waals surface area contributed by atoms with Crippen LogP contribution in [0.5, 0.6) is 0 Å². The topological polar surface area (TPSA) is 59.1 Å². The minimum Gasteiger partial charge on any atom is -0.361 e. The summed E-state index contributed by atoms with van der Waals surface area (Å²) in [6.07, 6.45) is 3.28. The molecule has 1 aliphatic rings. The monoisotopic (exact) mass is 296 g/mol. The van der Waals surface area contributed by atoms with E-state index < -0.39 is 9.84 Å². The predicted octanol–water partition coefficient (Wildman–Crippen LogP) is 2.53. The van der Waals surface area contributed by atoms with E-state index in [2.05, 4.69) is 10.3 Å². The summed E-state index contributed by atoms with van der Waals surface area (Å²) in [6.45, 7) is 0.694. The molecule has 1 heterocycles. The Morgan fingerprint density at radius 2 is 2.11 bits per heavy atom. The third kappa shape index (κ3) is 3.06. The van der Waals surface area contributed by atoms with Gasteiger partial charge >= 0.3 is 0 Å². The normalized spacial score (nSPS) is 17.5. The number of sulfone groups is 1. The van der Waals surface area contributed by atoms with E-state index in [1.807, 2.05) is 24.3 Å². The van der Waals surface area contributed by atoms with Crippen molar-refractivity contribution in [2.75, 3.05) is 23.9 Å². The van der Waals surface area contributed by atoms with Gasteiger partial charge in [0, 0.05) is 18.2 Å². The van der Waals surface area contributed by atoms with Crippen molar-refractivity contribution in [1.82, 2.24) is 4.98 Å². The lowest BCUT2D eigenvalue weighted by Gasteiger charge is -2.13. The number of aromatic nitrogens is 1. The fourth-order valence-corrected chi connectivity index (χ4v) is 4.68. The van der Waals surface area contributed by atoms with Gasteiger partial charge in [-0.1, -0.05) is 23.5 Å². The van der Waals surface area contributed by atoms with Gasteiger partial charge < -0.3 is 5.32 Å².